The summed E-state index contributed by atoms with van der Waals surface area (Å²) in [5.41, 5.74) is -0.0212. The smallest absolute Gasteiger partial charge is 0.336 e. The molecule has 29 heavy (non-hydrogen) atoms. The molecule has 0 saturated heterocycles. The van der Waals surface area contributed by atoms with Gasteiger partial charge in [-0.1, -0.05) is 18.2 Å². The van der Waals surface area contributed by atoms with Crippen LogP contribution < -0.4 is 15.7 Å². The molecular weight excluding hydrogens is 378 g/mol. The highest BCUT2D eigenvalue weighted by molar-refractivity contribution is 5.85. The van der Waals surface area contributed by atoms with Crippen molar-refractivity contribution < 1.29 is 28.6 Å². The van der Waals surface area contributed by atoms with Crippen molar-refractivity contribution in [2.75, 3.05) is 6.61 Å². The Kier molecular flexibility index (Phi) is 6.13. The van der Waals surface area contributed by atoms with Gasteiger partial charge in [0.15, 0.2) is 6.61 Å². The fraction of sp³-hybridized carbons (Fsp3) is 0.190. The Labute approximate surface area is 165 Å². The molecule has 150 valence electrons. The molecule has 2 aromatic carbocycles. The number of aromatic hydroxyl groups is 1. The lowest BCUT2D eigenvalue weighted by Crippen LogP contribution is -2.41. The van der Waals surface area contributed by atoms with Crippen molar-refractivity contribution in [3.8, 4) is 11.5 Å². The van der Waals surface area contributed by atoms with Gasteiger partial charge in [-0.25, -0.2) is 9.59 Å². The second-order valence-electron chi connectivity index (χ2n) is 6.27. The van der Waals surface area contributed by atoms with Gasteiger partial charge >= 0.3 is 11.6 Å². The van der Waals surface area contributed by atoms with Crippen LogP contribution in [0.1, 0.15) is 12.5 Å². The molecule has 0 aliphatic rings. The van der Waals surface area contributed by atoms with Crippen LogP contribution in [-0.2, 0) is 20.9 Å². The number of amides is 1. The van der Waals surface area contributed by atoms with E-state index < -0.39 is 23.5 Å². The van der Waals surface area contributed by atoms with Gasteiger partial charge in [-0.15, -0.1) is 0 Å². The molecule has 0 unspecified atom stereocenters. The van der Waals surface area contributed by atoms with Gasteiger partial charge in [0.05, 0.1) is 0 Å². The molecule has 0 spiro atoms. The average Bonchev–Trinajstić information content (AvgIpc) is 2.70. The first-order chi connectivity index (χ1) is 13.9. The predicted octanol–water partition coefficient (Wildman–Crippen LogP) is 2.13. The molecule has 1 amide bonds. The number of hydrogen-bond donors (Lipinski definition) is 2. The summed E-state index contributed by atoms with van der Waals surface area (Å²) in [6.07, 6.45) is 0. The third-order valence-electron chi connectivity index (χ3n) is 4.03. The van der Waals surface area contributed by atoms with Crippen molar-refractivity contribution in [1.29, 1.82) is 0 Å². The number of hydrogen-bond acceptors (Lipinski definition) is 7. The highest BCUT2D eigenvalue weighted by Crippen LogP contribution is 2.22. The number of para-hydroxylation sites is 1. The van der Waals surface area contributed by atoms with E-state index >= 15 is 0 Å². The summed E-state index contributed by atoms with van der Waals surface area (Å²) in [6, 6.07) is 13.4. The minimum atomic E-state index is -0.905. The maximum Gasteiger partial charge on any atom is 0.336 e. The van der Waals surface area contributed by atoms with Crippen LogP contribution in [0.2, 0.25) is 0 Å². The fourth-order valence-corrected chi connectivity index (χ4v) is 2.62. The van der Waals surface area contributed by atoms with Crippen molar-refractivity contribution >= 4 is 22.8 Å². The monoisotopic (exact) mass is 397 g/mol. The Morgan fingerprint density at radius 1 is 1.14 bits per heavy atom. The van der Waals surface area contributed by atoms with Gasteiger partial charge in [0.25, 0.3) is 5.91 Å². The number of carbonyl (C=O) groups is 2. The van der Waals surface area contributed by atoms with Crippen LogP contribution in [-0.4, -0.2) is 29.6 Å². The number of ether oxygens (including phenoxy) is 2. The summed E-state index contributed by atoms with van der Waals surface area (Å²) in [5.74, 6) is -0.652. The Bertz CT molecular complexity index is 1080. The number of rotatable bonds is 7. The molecule has 0 saturated carbocycles. The Morgan fingerprint density at radius 2 is 1.90 bits per heavy atom. The third kappa shape index (κ3) is 5.35. The lowest BCUT2D eigenvalue weighted by atomic mass is 10.1. The van der Waals surface area contributed by atoms with E-state index in [0.29, 0.717) is 16.7 Å². The standard InChI is InChI=1S/C21H19NO7/c1-13(22-19(24)12-27-16-5-3-2-4-6-16)21(26)28-11-14-9-20(25)29-18-10-15(23)7-8-17(14)18/h2-10,13,23H,11-12H2,1H3,(H,22,24)/t13-/m0/s1. The number of nitrogens with one attached hydrogen (secondary N) is 1. The van der Waals surface area contributed by atoms with Crippen LogP contribution in [0.25, 0.3) is 11.0 Å². The summed E-state index contributed by atoms with van der Waals surface area (Å²) in [5, 5.41) is 12.5. The predicted molar refractivity (Wildman–Crippen MR) is 103 cm³/mol. The van der Waals surface area contributed by atoms with Crippen LogP contribution >= 0.6 is 0 Å². The molecule has 3 aromatic rings. The normalized spacial score (nSPS) is 11.6. The highest BCUT2D eigenvalue weighted by Gasteiger charge is 2.18. The molecular formula is C21H19NO7. The fourth-order valence-electron chi connectivity index (χ4n) is 2.62. The summed E-state index contributed by atoms with van der Waals surface area (Å²) in [6.45, 7) is 1.06. The quantitative estimate of drug-likeness (QED) is 0.463. The van der Waals surface area contributed by atoms with Crippen LogP contribution in [0.5, 0.6) is 11.5 Å². The Hall–Kier alpha value is -3.81. The Balaban J connectivity index is 1.55. The van der Waals surface area contributed by atoms with Crippen LogP contribution in [0.3, 0.4) is 0 Å². The number of benzene rings is 2. The molecule has 0 aliphatic carbocycles. The van der Waals surface area contributed by atoms with Crippen molar-refractivity contribution in [3.05, 3.63) is 70.6 Å². The zero-order valence-corrected chi connectivity index (χ0v) is 15.6. The maximum atomic E-state index is 12.2. The summed E-state index contributed by atoms with van der Waals surface area (Å²) < 4.78 is 15.6. The number of phenols is 1. The van der Waals surface area contributed by atoms with E-state index in [4.69, 9.17) is 13.9 Å². The topological polar surface area (TPSA) is 115 Å². The van der Waals surface area contributed by atoms with Crippen molar-refractivity contribution in [1.82, 2.24) is 5.32 Å². The first kappa shape index (κ1) is 19.9. The molecule has 0 bridgehead atoms. The molecule has 1 heterocycles. The van der Waals surface area contributed by atoms with E-state index in [1.165, 1.54) is 25.1 Å². The zero-order chi connectivity index (χ0) is 20.8. The zero-order valence-electron chi connectivity index (χ0n) is 15.6. The van der Waals surface area contributed by atoms with Gasteiger partial charge in [-0.05, 0) is 31.2 Å². The maximum absolute atomic E-state index is 12.2. The van der Waals surface area contributed by atoms with Gasteiger partial charge in [-0.3, -0.25) is 4.79 Å². The van der Waals surface area contributed by atoms with Crippen molar-refractivity contribution in [2.45, 2.75) is 19.6 Å². The number of esters is 1. The Morgan fingerprint density at radius 3 is 2.66 bits per heavy atom. The number of fused-ring (bicyclic) bond motifs is 1. The summed E-state index contributed by atoms with van der Waals surface area (Å²) >= 11 is 0. The van der Waals surface area contributed by atoms with E-state index in [1.807, 2.05) is 6.07 Å². The second kappa shape index (κ2) is 8.92. The molecule has 0 fully saturated rings. The van der Waals surface area contributed by atoms with Crippen molar-refractivity contribution in [2.24, 2.45) is 0 Å². The number of phenolic OH excluding ortho intramolecular Hbond substituents is 1. The molecule has 0 aliphatic heterocycles. The largest absolute Gasteiger partial charge is 0.508 e. The first-order valence-electron chi connectivity index (χ1n) is 8.82. The minimum absolute atomic E-state index is 0.0520. The summed E-state index contributed by atoms with van der Waals surface area (Å²) in [4.78, 5) is 35.8. The minimum Gasteiger partial charge on any atom is -0.508 e. The summed E-state index contributed by atoms with van der Waals surface area (Å²) in [7, 11) is 0. The van der Waals surface area contributed by atoms with Gasteiger partial charge in [0, 0.05) is 23.1 Å². The molecule has 1 atom stereocenters. The lowest BCUT2D eigenvalue weighted by Gasteiger charge is -2.14. The molecule has 8 nitrogen and oxygen atoms in total. The van der Waals surface area contributed by atoms with Gasteiger partial charge in [-0.2, -0.15) is 0 Å². The van der Waals surface area contributed by atoms with Gasteiger partial charge in [0.2, 0.25) is 0 Å². The van der Waals surface area contributed by atoms with E-state index in [2.05, 4.69) is 5.32 Å². The van der Waals surface area contributed by atoms with Crippen LogP contribution in [0.15, 0.2) is 63.8 Å². The van der Waals surface area contributed by atoms with Crippen LogP contribution in [0.4, 0.5) is 0 Å². The van der Waals surface area contributed by atoms with Gasteiger partial charge < -0.3 is 24.3 Å². The molecule has 1 aromatic heterocycles. The SMILES string of the molecule is C[C@H](NC(=O)COc1ccccc1)C(=O)OCc1cc(=O)oc2cc(O)ccc12. The lowest BCUT2D eigenvalue weighted by molar-refractivity contribution is -0.148. The van der Waals surface area contributed by atoms with E-state index in [1.54, 1.807) is 30.3 Å². The average molecular weight is 397 g/mol. The number of carbonyl (C=O) groups excluding carboxylic acids is 2. The van der Waals surface area contributed by atoms with Crippen molar-refractivity contribution in [3.63, 3.8) is 0 Å². The second-order valence-corrected chi connectivity index (χ2v) is 6.27. The van der Waals surface area contributed by atoms with E-state index in [9.17, 15) is 19.5 Å². The highest BCUT2D eigenvalue weighted by atomic mass is 16.5. The van der Waals surface area contributed by atoms with E-state index in [-0.39, 0.29) is 24.5 Å². The molecule has 0 radical (unpaired) electrons. The molecule has 8 heteroatoms. The van der Waals surface area contributed by atoms with Gasteiger partial charge in [0.1, 0.15) is 29.7 Å². The van der Waals surface area contributed by atoms with E-state index in [0.717, 1.165) is 0 Å². The first-order valence-corrected chi connectivity index (χ1v) is 8.82. The van der Waals surface area contributed by atoms with Crippen LogP contribution in [0, 0.1) is 0 Å². The molecule has 2 N–H and O–H groups in total. The third-order valence-corrected chi connectivity index (χ3v) is 4.03. The molecule has 3 rings (SSSR count).